The van der Waals surface area contributed by atoms with E-state index in [1.807, 2.05) is 84.9 Å². The summed E-state index contributed by atoms with van der Waals surface area (Å²) in [6, 6.07) is 28.1. The zero-order valence-electron chi connectivity index (χ0n) is 12.2. The molecule has 3 rings (SSSR count). The van der Waals surface area contributed by atoms with Crippen molar-refractivity contribution in [2.24, 2.45) is 10.2 Å². The van der Waals surface area contributed by atoms with Crippen molar-refractivity contribution in [1.29, 1.82) is 0 Å². The fraction of sp³-hybridized carbons (Fsp3) is 0.0526. The van der Waals surface area contributed by atoms with Crippen LogP contribution >= 0.6 is 0 Å². The molecule has 0 heterocycles. The first-order valence-electron chi connectivity index (χ1n) is 7.24. The Morgan fingerprint density at radius 3 is 1.91 bits per heavy atom. The van der Waals surface area contributed by atoms with E-state index < -0.39 is 0 Å². The molecule has 3 heteroatoms. The molecule has 0 aliphatic carbocycles. The monoisotopic (exact) mass is 287 g/mol. The summed E-state index contributed by atoms with van der Waals surface area (Å²) >= 11 is 0. The van der Waals surface area contributed by atoms with Crippen LogP contribution < -0.4 is 5.32 Å². The number of nitrogens with zero attached hydrogens (tertiary/aromatic N) is 2. The average molecular weight is 287 g/mol. The van der Waals surface area contributed by atoms with Crippen molar-refractivity contribution in [2.45, 2.75) is 6.54 Å². The van der Waals surface area contributed by atoms with E-state index in [2.05, 4.69) is 15.5 Å². The maximum absolute atomic E-state index is 4.25. The van der Waals surface area contributed by atoms with Crippen LogP contribution in [0.3, 0.4) is 0 Å². The van der Waals surface area contributed by atoms with Crippen molar-refractivity contribution in [2.75, 3.05) is 5.32 Å². The lowest BCUT2D eigenvalue weighted by atomic mass is 10.2. The molecule has 0 aliphatic rings. The van der Waals surface area contributed by atoms with Gasteiger partial charge in [-0.25, -0.2) is 0 Å². The molecule has 0 unspecified atom stereocenters. The number of nitrogens with one attached hydrogen (secondary N) is 1. The highest BCUT2D eigenvalue weighted by Crippen LogP contribution is 2.20. The van der Waals surface area contributed by atoms with E-state index >= 15 is 0 Å². The smallest absolute Gasteiger partial charge is 0.0854 e. The number of azo groups is 1. The van der Waals surface area contributed by atoms with Gasteiger partial charge in [-0.05, 0) is 42.0 Å². The normalized spacial score (nSPS) is 10.7. The lowest BCUT2D eigenvalue weighted by Crippen LogP contribution is -1.88. The number of benzene rings is 3. The van der Waals surface area contributed by atoms with Crippen molar-refractivity contribution in [3.8, 4) is 0 Å². The second-order valence-electron chi connectivity index (χ2n) is 4.92. The zero-order chi connectivity index (χ0) is 15.0. The molecule has 0 saturated carbocycles. The molecule has 3 aromatic carbocycles. The van der Waals surface area contributed by atoms with Crippen molar-refractivity contribution in [3.63, 3.8) is 0 Å². The van der Waals surface area contributed by atoms with Crippen LogP contribution in [0.4, 0.5) is 17.1 Å². The van der Waals surface area contributed by atoms with Crippen LogP contribution in [0.1, 0.15) is 5.56 Å². The molecule has 0 aromatic heterocycles. The Bertz CT molecular complexity index is 720. The molecule has 0 atom stereocenters. The zero-order valence-corrected chi connectivity index (χ0v) is 12.2. The van der Waals surface area contributed by atoms with Gasteiger partial charge in [0.05, 0.1) is 12.2 Å². The van der Waals surface area contributed by atoms with Crippen LogP contribution in [-0.4, -0.2) is 0 Å². The molecule has 22 heavy (non-hydrogen) atoms. The van der Waals surface area contributed by atoms with E-state index in [0.29, 0.717) is 6.54 Å². The second-order valence-corrected chi connectivity index (χ2v) is 4.92. The molecule has 0 radical (unpaired) electrons. The molecule has 1 N–H and O–H groups in total. The van der Waals surface area contributed by atoms with Gasteiger partial charge in [0, 0.05) is 11.4 Å². The van der Waals surface area contributed by atoms with E-state index in [-0.39, 0.29) is 0 Å². The van der Waals surface area contributed by atoms with Crippen LogP contribution in [0.2, 0.25) is 0 Å². The summed E-state index contributed by atoms with van der Waals surface area (Å²) in [4.78, 5) is 0. The summed E-state index contributed by atoms with van der Waals surface area (Å²) in [6.45, 7) is 0.602. The maximum Gasteiger partial charge on any atom is 0.0854 e. The molecule has 0 spiro atoms. The van der Waals surface area contributed by atoms with E-state index in [1.54, 1.807) is 0 Å². The molecule has 3 aromatic rings. The Kier molecular flexibility index (Phi) is 4.57. The summed E-state index contributed by atoms with van der Waals surface area (Å²) < 4.78 is 0. The summed E-state index contributed by atoms with van der Waals surface area (Å²) in [6.07, 6.45) is 0. The molecule has 3 nitrogen and oxygen atoms in total. The van der Waals surface area contributed by atoms with Gasteiger partial charge in [-0.2, -0.15) is 10.2 Å². The van der Waals surface area contributed by atoms with Crippen molar-refractivity contribution in [3.05, 3.63) is 90.5 Å². The fourth-order valence-corrected chi connectivity index (χ4v) is 2.08. The number of anilines is 2. The van der Waals surface area contributed by atoms with E-state index in [0.717, 1.165) is 22.6 Å². The van der Waals surface area contributed by atoms with Gasteiger partial charge in [-0.1, -0.05) is 48.5 Å². The topological polar surface area (TPSA) is 36.8 Å². The predicted octanol–water partition coefficient (Wildman–Crippen LogP) is 5.71. The predicted molar refractivity (Wildman–Crippen MR) is 90.8 cm³/mol. The Morgan fingerprint density at radius 2 is 1.23 bits per heavy atom. The Hall–Kier alpha value is -2.94. The van der Waals surface area contributed by atoms with Crippen LogP contribution in [0.25, 0.3) is 0 Å². The van der Waals surface area contributed by atoms with E-state index in [4.69, 9.17) is 0 Å². The minimum atomic E-state index is 0.602. The first-order chi connectivity index (χ1) is 10.9. The van der Waals surface area contributed by atoms with Crippen LogP contribution in [0, 0.1) is 0 Å². The minimum absolute atomic E-state index is 0.602. The maximum atomic E-state index is 4.25. The lowest BCUT2D eigenvalue weighted by Gasteiger charge is -2.05. The highest BCUT2D eigenvalue weighted by atomic mass is 15.1. The molecule has 0 amide bonds. The van der Waals surface area contributed by atoms with Gasteiger partial charge in [0.1, 0.15) is 0 Å². The van der Waals surface area contributed by atoms with Crippen LogP contribution in [-0.2, 0) is 6.54 Å². The summed E-state index contributed by atoms with van der Waals surface area (Å²) in [5.74, 6) is 0. The highest BCUT2D eigenvalue weighted by molar-refractivity contribution is 5.61. The summed E-state index contributed by atoms with van der Waals surface area (Å²) in [5.41, 5.74) is 4.12. The molecule has 0 saturated heterocycles. The molecular weight excluding hydrogens is 270 g/mol. The minimum Gasteiger partial charge on any atom is -0.356 e. The Morgan fingerprint density at radius 1 is 0.636 bits per heavy atom. The molecule has 108 valence electrons. The van der Waals surface area contributed by atoms with Crippen molar-refractivity contribution in [1.82, 2.24) is 0 Å². The lowest BCUT2D eigenvalue weighted by molar-refractivity contribution is 0.959. The molecular formula is C19H17N3. The number of hydrogen-bond donors (Lipinski definition) is 1. The Labute approximate surface area is 130 Å². The van der Waals surface area contributed by atoms with Gasteiger partial charge < -0.3 is 5.32 Å². The van der Waals surface area contributed by atoms with Crippen LogP contribution in [0.5, 0.6) is 0 Å². The van der Waals surface area contributed by atoms with E-state index in [1.165, 1.54) is 0 Å². The molecule has 0 bridgehead atoms. The average Bonchev–Trinajstić information content (AvgIpc) is 2.58. The second kappa shape index (κ2) is 7.18. The summed E-state index contributed by atoms with van der Waals surface area (Å²) in [7, 11) is 0. The number of hydrogen-bond acceptors (Lipinski definition) is 3. The van der Waals surface area contributed by atoms with Gasteiger partial charge in [0.25, 0.3) is 0 Å². The third-order valence-electron chi connectivity index (χ3n) is 3.21. The Balaban J connectivity index is 1.59. The quantitative estimate of drug-likeness (QED) is 0.599. The van der Waals surface area contributed by atoms with Crippen molar-refractivity contribution >= 4 is 17.1 Å². The van der Waals surface area contributed by atoms with Gasteiger partial charge in [0.2, 0.25) is 0 Å². The van der Waals surface area contributed by atoms with Gasteiger partial charge in [-0.3, -0.25) is 0 Å². The third kappa shape index (κ3) is 4.03. The molecule has 0 fully saturated rings. The number of rotatable bonds is 5. The third-order valence-corrected chi connectivity index (χ3v) is 3.21. The first kappa shape index (κ1) is 14.0. The SMILES string of the molecule is c1ccc(CN=Nc2ccc(Nc3ccccc3)cc2)cc1. The largest absolute Gasteiger partial charge is 0.356 e. The van der Waals surface area contributed by atoms with Gasteiger partial charge >= 0.3 is 0 Å². The molecule has 0 aliphatic heterocycles. The number of para-hydroxylation sites is 1. The van der Waals surface area contributed by atoms with E-state index in [9.17, 15) is 0 Å². The first-order valence-corrected chi connectivity index (χ1v) is 7.24. The standard InChI is InChI=1S/C19H17N3/c1-3-7-16(8-4-1)15-20-22-19-13-11-18(12-14-19)21-17-9-5-2-6-10-17/h1-14,21H,15H2. The van der Waals surface area contributed by atoms with Gasteiger partial charge in [0.15, 0.2) is 0 Å². The fourth-order valence-electron chi connectivity index (χ4n) is 2.08. The highest BCUT2D eigenvalue weighted by Gasteiger charge is 1.95. The van der Waals surface area contributed by atoms with Crippen molar-refractivity contribution < 1.29 is 0 Å². The summed E-state index contributed by atoms with van der Waals surface area (Å²) in [5, 5.41) is 11.8. The van der Waals surface area contributed by atoms with Gasteiger partial charge in [-0.15, -0.1) is 0 Å². The van der Waals surface area contributed by atoms with Crippen LogP contribution in [0.15, 0.2) is 95.2 Å².